The average Bonchev–Trinajstić information content (AvgIpc) is 3.30. The van der Waals surface area contributed by atoms with E-state index in [1.165, 1.54) is 11.1 Å². The predicted octanol–water partition coefficient (Wildman–Crippen LogP) is 2.29. The molecule has 4 rings (SSSR count). The molecule has 6 nitrogen and oxygen atoms in total. The molecule has 2 saturated heterocycles. The van der Waals surface area contributed by atoms with Crippen molar-refractivity contribution >= 4 is 11.9 Å². The zero-order valence-corrected chi connectivity index (χ0v) is 17.2. The number of rotatable bonds is 5. The second-order valence-corrected chi connectivity index (χ2v) is 8.85. The van der Waals surface area contributed by atoms with Crippen LogP contribution in [-0.4, -0.2) is 49.1 Å². The van der Waals surface area contributed by atoms with Crippen LogP contribution >= 0.6 is 0 Å². The van der Waals surface area contributed by atoms with Gasteiger partial charge in [-0.1, -0.05) is 38.1 Å². The third-order valence-electron chi connectivity index (χ3n) is 6.61. The van der Waals surface area contributed by atoms with Gasteiger partial charge in [-0.25, -0.2) is 0 Å². The third kappa shape index (κ3) is 3.62. The Morgan fingerprint density at radius 2 is 2.18 bits per heavy atom. The molecule has 28 heavy (non-hydrogen) atoms. The van der Waals surface area contributed by atoms with Crippen LogP contribution in [0.1, 0.15) is 44.2 Å². The van der Waals surface area contributed by atoms with Crippen LogP contribution in [0, 0.1) is 11.3 Å². The van der Waals surface area contributed by atoms with Crippen molar-refractivity contribution in [1.82, 2.24) is 15.5 Å². The van der Waals surface area contributed by atoms with Crippen LogP contribution in [0.2, 0.25) is 0 Å². The van der Waals surface area contributed by atoms with Crippen molar-refractivity contribution in [2.75, 3.05) is 20.2 Å². The van der Waals surface area contributed by atoms with Gasteiger partial charge in [0.25, 0.3) is 0 Å². The largest absolute Gasteiger partial charge is 0.377 e. The smallest absolute Gasteiger partial charge is 0.222 e. The molecule has 0 spiro atoms. The summed E-state index contributed by atoms with van der Waals surface area (Å²) < 4.78 is 5.89. The molecule has 1 aromatic carbocycles. The highest BCUT2D eigenvalue weighted by atomic mass is 16.5. The SMILES string of the molecule is CN=C(NCc1cccc(CN2CCCC2=O)c1)NC1C2CCOC2C1(C)C. The van der Waals surface area contributed by atoms with E-state index < -0.39 is 0 Å². The van der Waals surface area contributed by atoms with Gasteiger partial charge in [0.05, 0.1) is 6.10 Å². The molecule has 152 valence electrons. The van der Waals surface area contributed by atoms with Crippen molar-refractivity contribution in [2.24, 2.45) is 16.3 Å². The summed E-state index contributed by atoms with van der Waals surface area (Å²) in [5, 5.41) is 7.07. The van der Waals surface area contributed by atoms with E-state index in [4.69, 9.17) is 4.74 Å². The Bertz CT molecular complexity index is 761. The lowest BCUT2D eigenvalue weighted by Gasteiger charge is -2.54. The molecule has 1 saturated carbocycles. The van der Waals surface area contributed by atoms with E-state index in [1.807, 2.05) is 11.9 Å². The van der Waals surface area contributed by atoms with Crippen molar-refractivity contribution in [3.63, 3.8) is 0 Å². The van der Waals surface area contributed by atoms with Crippen molar-refractivity contribution in [3.05, 3.63) is 35.4 Å². The number of ether oxygens (including phenoxy) is 1. The summed E-state index contributed by atoms with van der Waals surface area (Å²) in [5.41, 5.74) is 2.51. The number of likely N-dealkylation sites (tertiary alicyclic amines) is 1. The van der Waals surface area contributed by atoms with E-state index in [1.54, 1.807) is 0 Å². The number of benzene rings is 1. The molecule has 2 N–H and O–H groups in total. The van der Waals surface area contributed by atoms with E-state index in [0.717, 1.165) is 32.0 Å². The molecule has 6 heteroatoms. The lowest BCUT2D eigenvalue weighted by molar-refractivity contribution is -0.128. The van der Waals surface area contributed by atoms with Crippen LogP contribution in [0.15, 0.2) is 29.3 Å². The van der Waals surface area contributed by atoms with Crippen LogP contribution < -0.4 is 10.6 Å². The van der Waals surface area contributed by atoms with Gasteiger partial charge >= 0.3 is 0 Å². The fraction of sp³-hybridized carbons (Fsp3) is 0.636. The highest BCUT2D eigenvalue weighted by molar-refractivity contribution is 5.80. The maximum Gasteiger partial charge on any atom is 0.222 e. The van der Waals surface area contributed by atoms with Crippen LogP contribution in [-0.2, 0) is 22.6 Å². The Labute approximate surface area is 167 Å². The minimum atomic E-state index is 0.126. The summed E-state index contributed by atoms with van der Waals surface area (Å²) in [5.74, 6) is 1.68. The van der Waals surface area contributed by atoms with E-state index in [9.17, 15) is 4.79 Å². The molecule has 3 aliphatic rings. The first-order chi connectivity index (χ1) is 13.5. The van der Waals surface area contributed by atoms with Gasteiger partial charge in [0.2, 0.25) is 5.91 Å². The summed E-state index contributed by atoms with van der Waals surface area (Å²) >= 11 is 0. The molecule has 2 aliphatic heterocycles. The number of carbonyl (C=O) groups excluding carboxylic acids is 1. The number of amides is 1. The van der Waals surface area contributed by atoms with E-state index >= 15 is 0 Å². The van der Waals surface area contributed by atoms with Gasteiger partial charge in [-0.05, 0) is 24.0 Å². The number of nitrogens with one attached hydrogen (secondary N) is 2. The van der Waals surface area contributed by atoms with E-state index in [0.29, 0.717) is 37.6 Å². The minimum absolute atomic E-state index is 0.126. The number of guanidine groups is 1. The Hall–Kier alpha value is -2.08. The second kappa shape index (κ2) is 7.74. The Balaban J connectivity index is 1.33. The molecule has 1 aliphatic carbocycles. The topological polar surface area (TPSA) is 66.0 Å². The molecule has 0 radical (unpaired) electrons. The zero-order chi connectivity index (χ0) is 19.7. The van der Waals surface area contributed by atoms with Crippen LogP contribution in [0.4, 0.5) is 0 Å². The Kier molecular flexibility index (Phi) is 5.32. The van der Waals surface area contributed by atoms with Crippen LogP contribution in [0.25, 0.3) is 0 Å². The lowest BCUT2D eigenvalue weighted by Crippen LogP contribution is -2.67. The molecule has 1 amide bonds. The van der Waals surface area contributed by atoms with Gasteiger partial charge in [0.1, 0.15) is 0 Å². The zero-order valence-electron chi connectivity index (χ0n) is 17.2. The van der Waals surface area contributed by atoms with Gasteiger partial charge in [-0.15, -0.1) is 0 Å². The average molecular weight is 385 g/mol. The summed E-state index contributed by atoms with van der Waals surface area (Å²) in [4.78, 5) is 18.2. The first kappa shape index (κ1) is 19.2. The monoisotopic (exact) mass is 384 g/mol. The Morgan fingerprint density at radius 3 is 2.93 bits per heavy atom. The maximum absolute atomic E-state index is 11.9. The van der Waals surface area contributed by atoms with Crippen molar-refractivity contribution in [1.29, 1.82) is 0 Å². The number of carbonyl (C=O) groups is 1. The minimum Gasteiger partial charge on any atom is -0.377 e. The first-order valence-corrected chi connectivity index (χ1v) is 10.4. The summed E-state index contributed by atoms with van der Waals surface area (Å²) in [6.45, 7) is 7.70. The quantitative estimate of drug-likeness (QED) is 0.604. The van der Waals surface area contributed by atoms with E-state index in [2.05, 4.69) is 53.7 Å². The Morgan fingerprint density at radius 1 is 1.36 bits per heavy atom. The maximum atomic E-state index is 11.9. The fourth-order valence-corrected chi connectivity index (χ4v) is 5.07. The number of aliphatic imine (C=N–C) groups is 1. The molecule has 3 unspecified atom stereocenters. The number of hydrogen-bond acceptors (Lipinski definition) is 3. The third-order valence-corrected chi connectivity index (χ3v) is 6.61. The molecular formula is C22H32N4O2. The normalized spacial score (nSPS) is 28.8. The van der Waals surface area contributed by atoms with Crippen molar-refractivity contribution in [3.8, 4) is 0 Å². The van der Waals surface area contributed by atoms with Gasteiger partial charge in [-0.3, -0.25) is 9.79 Å². The predicted molar refractivity (Wildman–Crippen MR) is 110 cm³/mol. The summed E-state index contributed by atoms with van der Waals surface area (Å²) in [6.07, 6.45) is 3.16. The molecule has 0 aromatic heterocycles. The second-order valence-electron chi connectivity index (χ2n) is 8.85. The number of nitrogens with zero attached hydrogens (tertiary/aromatic N) is 2. The highest BCUT2D eigenvalue weighted by Crippen LogP contribution is 2.52. The lowest BCUT2D eigenvalue weighted by atomic mass is 9.57. The van der Waals surface area contributed by atoms with Gasteiger partial charge < -0.3 is 20.3 Å². The van der Waals surface area contributed by atoms with Gasteiger partial charge in [0.15, 0.2) is 5.96 Å². The molecule has 3 fully saturated rings. The van der Waals surface area contributed by atoms with Crippen molar-refractivity contribution in [2.45, 2.75) is 58.3 Å². The molecule has 1 aromatic rings. The van der Waals surface area contributed by atoms with Gasteiger partial charge in [-0.2, -0.15) is 0 Å². The molecular weight excluding hydrogens is 352 g/mol. The summed E-state index contributed by atoms with van der Waals surface area (Å²) in [6, 6.07) is 8.85. The van der Waals surface area contributed by atoms with Gasteiger partial charge in [0, 0.05) is 57.1 Å². The van der Waals surface area contributed by atoms with Crippen molar-refractivity contribution < 1.29 is 9.53 Å². The number of fused-ring (bicyclic) bond motifs is 1. The summed E-state index contributed by atoms with van der Waals surface area (Å²) in [7, 11) is 1.82. The molecule has 0 bridgehead atoms. The van der Waals surface area contributed by atoms with Crippen LogP contribution in [0.5, 0.6) is 0 Å². The molecule has 3 atom stereocenters. The highest BCUT2D eigenvalue weighted by Gasteiger charge is 2.59. The molecule has 2 heterocycles. The first-order valence-electron chi connectivity index (χ1n) is 10.4. The van der Waals surface area contributed by atoms with E-state index in [-0.39, 0.29) is 11.3 Å². The fourth-order valence-electron chi connectivity index (χ4n) is 5.07. The van der Waals surface area contributed by atoms with Crippen LogP contribution in [0.3, 0.4) is 0 Å². The number of hydrogen-bond donors (Lipinski definition) is 2. The standard InChI is InChI=1S/C22H32N4O2/c1-22(2)19(17-9-11-28-20(17)22)25-21(23-3)24-13-15-6-4-7-16(12-15)14-26-10-5-8-18(26)27/h4,6-7,12,17,19-20H,5,8-11,13-14H2,1-3H3,(H2,23,24,25).